The van der Waals surface area contributed by atoms with Crippen molar-refractivity contribution in [1.82, 2.24) is 9.38 Å². The van der Waals surface area contributed by atoms with Crippen molar-refractivity contribution in [2.75, 3.05) is 7.11 Å². The predicted molar refractivity (Wildman–Crippen MR) is 84.4 cm³/mol. The summed E-state index contributed by atoms with van der Waals surface area (Å²) in [5.74, 6) is 0.884. The monoisotopic (exact) mass is 330 g/mol. The van der Waals surface area contributed by atoms with E-state index < -0.39 is 0 Å². The molecule has 4 heteroatoms. The van der Waals surface area contributed by atoms with Crippen LogP contribution in [0.25, 0.3) is 16.9 Å². The van der Waals surface area contributed by atoms with Crippen LogP contribution in [0, 0.1) is 13.8 Å². The van der Waals surface area contributed by atoms with Crippen LogP contribution in [-0.4, -0.2) is 16.5 Å². The van der Waals surface area contributed by atoms with Gasteiger partial charge in [0.1, 0.15) is 11.4 Å². The number of aryl methyl sites for hydroxylation is 2. The van der Waals surface area contributed by atoms with E-state index in [0.717, 1.165) is 21.6 Å². The van der Waals surface area contributed by atoms with Gasteiger partial charge in [0, 0.05) is 22.4 Å². The molecule has 0 fully saturated rings. The first kappa shape index (κ1) is 13.2. The molecule has 0 unspecified atom stereocenters. The Morgan fingerprint density at radius 2 is 1.80 bits per heavy atom. The molecule has 3 nitrogen and oxygen atoms in total. The number of imidazole rings is 1. The lowest BCUT2D eigenvalue weighted by Gasteiger charge is -2.09. The molecule has 2 heterocycles. The minimum Gasteiger partial charge on any atom is -0.497 e. The molecule has 1 aromatic carbocycles. The smallest absolute Gasteiger partial charge is 0.137 e. The van der Waals surface area contributed by atoms with Gasteiger partial charge in [0.25, 0.3) is 0 Å². The molecule has 0 saturated heterocycles. The van der Waals surface area contributed by atoms with E-state index in [1.807, 2.05) is 34.9 Å². The third-order valence-corrected chi connectivity index (χ3v) is 3.88. The summed E-state index contributed by atoms with van der Waals surface area (Å²) in [6.45, 7) is 4.18. The lowest BCUT2D eigenvalue weighted by Crippen LogP contribution is -1.91. The maximum absolute atomic E-state index is 5.31. The summed E-state index contributed by atoms with van der Waals surface area (Å²) >= 11 is 3.48. The average molecular weight is 331 g/mol. The van der Waals surface area contributed by atoms with Crippen molar-refractivity contribution in [2.24, 2.45) is 0 Å². The molecule has 0 N–H and O–H groups in total. The van der Waals surface area contributed by atoms with Crippen LogP contribution in [0.5, 0.6) is 5.75 Å². The Bertz CT molecular complexity index is 769. The van der Waals surface area contributed by atoms with Crippen LogP contribution in [-0.2, 0) is 0 Å². The zero-order chi connectivity index (χ0) is 14.3. The van der Waals surface area contributed by atoms with E-state index in [1.54, 1.807) is 7.11 Å². The lowest BCUT2D eigenvalue weighted by molar-refractivity contribution is 0.414. The predicted octanol–water partition coefficient (Wildman–Crippen LogP) is 4.39. The zero-order valence-corrected chi connectivity index (χ0v) is 13.2. The number of rotatable bonds is 2. The van der Waals surface area contributed by atoms with Gasteiger partial charge >= 0.3 is 0 Å². The molecule has 0 amide bonds. The summed E-state index contributed by atoms with van der Waals surface area (Å²) in [5, 5.41) is 0. The molecule has 0 atom stereocenters. The number of aromatic nitrogens is 2. The maximum atomic E-state index is 5.31. The highest BCUT2D eigenvalue weighted by molar-refractivity contribution is 9.10. The molecule has 0 aliphatic carbocycles. The number of hydrogen-bond acceptors (Lipinski definition) is 2. The number of fused-ring (bicyclic) bond motifs is 1. The summed E-state index contributed by atoms with van der Waals surface area (Å²) in [7, 11) is 1.69. The van der Waals surface area contributed by atoms with Gasteiger partial charge < -0.3 is 9.14 Å². The van der Waals surface area contributed by atoms with E-state index in [9.17, 15) is 0 Å². The van der Waals surface area contributed by atoms with Gasteiger partial charge in [0.05, 0.1) is 12.8 Å². The van der Waals surface area contributed by atoms with Crippen LogP contribution in [0.4, 0.5) is 0 Å². The van der Waals surface area contributed by atoms with Crippen molar-refractivity contribution < 1.29 is 4.74 Å². The molecular formula is C16H15BrN2O. The third-order valence-electron chi connectivity index (χ3n) is 3.41. The van der Waals surface area contributed by atoms with Crippen molar-refractivity contribution in [3.05, 3.63) is 52.3 Å². The van der Waals surface area contributed by atoms with Crippen molar-refractivity contribution in [3.8, 4) is 17.0 Å². The highest BCUT2D eigenvalue weighted by atomic mass is 79.9. The first-order valence-corrected chi connectivity index (χ1v) is 7.17. The summed E-state index contributed by atoms with van der Waals surface area (Å²) in [6, 6.07) is 8.09. The quantitative estimate of drug-likeness (QED) is 0.696. The standard InChI is InChI=1S/C16H15BrN2O/c1-10-6-13(20-3)7-11(2)16(10)14-9-19-8-12(17)4-5-15(19)18-14/h4-9H,1-3H3. The Hall–Kier alpha value is -1.81. The topological polar surface area (TPSA) is 26.5 Å². The summed E-state index contributed by atoms with van der Waals surface area (Å²) in [6.07, 6.45) is 4.07. The highest BCUT2D eigenvalue weighted by Gasteiger charge is 2.11. The minimum atomic E-state index is 0.884. The normalized spacial score (nSPS) is 11.0. The van der Waals surface area contributed by atoms with E-state index in [1.165, 1.54) is 16.7 Å². The summed E-state index contributed by atoms with van der Waals surface area (Å²) in [5.41, 5.74) is 5.44. The SMILES string of the molecule is COc1cc(C)c(-c2cn3cc(Br)ccc3n2)c(C)c1. The summed E-state index contributed by atoms with van der Waals surface area (Å²) in [4.78, 5) is 4.70. The fourth-order valence-electron chi connectivity index (χ4n) is 2.53. The fraction of sp³-hybridized carbons (Fsp3) is 0.188. The van der Waals surface area contributed by atoms with Crippen molar-refractivity contribution in [3.63, 3.8) is 0 Å². The molecule has 2 aromatic heterocycles. The van der Waals surface area contributed by atoms with Gasteiger partial charge in [-0.1, -0.05) is 0 Å². The second-order valence-corrected chi connectivity index (χ2v) is 5.79. The third kappa shape index (κ3) is 2.20. The van der Waals surface area contributed by atoms with E-state index in [4.69, 9.17) is 9.72 Å². The lowest BCUT2D eigenvalue weighted by atomic mass is 10.00. The number of benzene rings is 1. The van der Waals surface area contributed by atoms with Crippen molar-refractivity contribution in [1.29, 1.82) is 0 Å². The maximum Gasteiger partial charge on any atom is 0.137 e. The minimum absolute atomic E-state index is 0.884. The van der Waals surface area contributed by atoms with E-state index >= 15 is 0 Å². The highest BCUT2D eigenvalue weighted by Crippen LogP contribution is 2.30. The molecule has 0 aliphatic heterocycles. The van der Waals surface area contributed by atoms with Crippen LogP contribution in [0.3, 0.4) is 0 Å². The van der Waals surface area contributed by atoms with Gasteiger partial charge in [-0.3, -0.25) is 0 Å². The molecular weight excluding hydrogens is 316 g/mol. The Morgan fingerprint density at radius 3 is 2.45 bits per heavy atom. The van der Waals surface area contributed by atoms with Crippen LogP contribution < -0.4 is 4.74 Å². The Labute approximate surface area is 126 Å². The molecule has 102 valence electrons. The zero-order valence-electron chi connectivity index (χ0n) is 11.6. The molecule has 0 spiro atoms. The van der Waals surface area contributed by atoms with Gasteiger partial charge in [-0.25, -0.2) is 4.98 Å². The summed E-state index contributed by atoms with van der Waals surface area (Å²) < 4.78 is 8.38. The largest absolute Gasteiger partial charge is 0.497 e. The fourth-order valence-corrected chi connectivity index (χ4v) is 2.88. The molecule has 0 bridgehead atoms. The van der Waals surface area contributed by atoms with Gasteiger partial charge in [-0.2, -0.15) is 0 Å². The van der Waals surface area contributed by atoms with Crippen LogP contribution >= 0.6 is 15.9 Å². The second-order valence-electron chi connectivity index (χ2n) is 4.88. The number of hydrogen-bond donors (Lipinski definition) is 0. The molecule has 3 aromatic rings. The second kappa shape index (κ2) is 4.94. The molecule has 3 rings (SSSR count). The van der Waals surface area contributed by atoms with Crippen LogP contribution in [0.15, 0.2) is 41.1 Å². The molecule has 20 heavy (non-hydrogen) atoms. The number of nitrogens with zero attached hydrogens (tertiary/aromatic N) is 2. The van der Waals surface area contributed by atoms with Crippen LogP contribution in [0.2, 0.25) is 0 Å². The Balaban J connectivity index is 2.20. The van der Waals surface area contributed by atoms with Crippen LogP contribution in [0.1, 0.15) is 11.1 Å². The van der Waals surface area contributed by atoms with Gasteiger partial charge in [-0.05, 0) is 65.2 Å². The molecule has 0 saturated carbocycles. The van der Waals surface area contributed by atoms with Gasteiger partial charge in [0.15, 0.2) is 0 Å². The number of pyridine rings is 1. The first-order valence-electron chi connectivity index (χ1n) is 6.38. The Kier molecular flexibility index (Phi) is 3.26. The number of methoxy groups -OCH3 is 1. The van der Waals surface area contributed by atoms with Gasteiger partial charge in [0.2, 0.25) is 0 Å². The van der Waals surface area contributed by atoms with E-state index in [0.29, 0.717) is 0 Å². The van der Waals surface area contributed by atoms with E-state index in [2.05, 4.69) is 36.0 Å². The Morgan fingerprint density at radius 1 is 1.10 bits per heavy atom. The molecule has 0 aliphatic rings. The first-order chi connectivity index (χ1) is 9.58. The average Bonchev–Trinajstić information content (AvgIpc) is 2.80. The number of halogens is 1. The molecule has 0 radical (unpaired) electrons. The van der Waals surface area contributed by atoms with Crippen molar-refractivity contribution >= 4 is 21.6 Å². The number of ether oxygens (including phenoxy) is 1. The van der Waals surface area contributed by atoms with Gasteiger partial charge in [-0.15, -0.1) is 0 Å². The van der Waals surface area contributed by atoms with E-state index in [-0.39, 0.29) is 0 Å². The van der Waals surface area contributed by atoms with Crippen molar-refractivity contribution in [2.45, 2.75) is 13.8 Å².